The summed E-state index contributed by atoms with van der Waals surface area (Å²) >= 11 is 3.64. The number of hydrogen-bond donors (Lipinski definition) is 2. The van der Waals surface area contributed by atoms with E-state index in [0.29, 0.717) is 6.04 Å². The van der Waals surface area contributed by atoms with Gasteiger partial charge in [0, 0.05) is 53.8 Å². The van der Waals surface area contributed by atoms with Gasteiger partial charge in [-0.3, -0.25) is 4.90 Å². The van der Waals surface area contributed by atoms with E-state index in [1.165, 1.54) is 59.7 Å². The Hall–Kier alpha value is -0.840. The monoisotopic (exact) mass is 361 g/mol. The van der Waals surface area contributed by atoms with Gasteiger partial charge < -0.3 is 10.3 Å². The third-order valence-electron chi connectivity index (χ3n) is 5.39. The van der Waals surface area contributed by atoms with Crippen LogP contribution in [0.5, 0.6) is 0 Å². The third kappa shape index (κ3) is 2.72. The van der Waals surface area contributed by atoms with Crippen LogP contribution in [0.25, 0.3) is 10.9 Å². The first-order chi connectivity index (χ1) is 10.8. The molecule has 2 N–H and O–H groups in total. The van der Waals surface area contributed by atoms with E-state index in [4.69, 9.17) is 0 Å². The highest BCUT2D eigenvalue weighted by atomic mass is 79.9. The van der Waals surface area contributed by atoms with Crippen LogP contribution in [0, 0.1) is 5.92 Å². The lowest BCUT2D eigenvalue weighted by molar-refractivity contribution is 0.126. The van der Waals surface area contributed by atoms with Crippen molar-refractivity contribution in [2.45, 2.75) is 31.7 Å². The van der Waals surface area contributed by atoms with E-state index < -0.39 is 0 Å². The summed E-state index contributed by atoms with van der Waals surface area (Å²) in [5, 5.41) is 4.89. The Bertz CT molecular complexity index is 639. The minimum atomic E-state index is 0.577. The minimum absolute atomic E-state index is 0.577. The van der Waals surface area contributed by atoms with Crippen LogP contribution < -0.4 is 5.32 Å². The molecule has 2 aromatic rings. The van der Waals surface area contributed by atoms with Crippen LogP contribution in [-0.2, 0) is 0 Å². The van der Waals surface area contributed by atoms with Crippen LogP contribution in [0.1, 0.15) is 37.3 Å². The molecule has 1 aliphatic heterocycles. The average Bonchev–Trinajstić information content (AvgIpc) is 3.20. The van der Waals surface area contributed by atoms with Crippen molar-refractivity contribution < 1.29 is 0 Å². The fourth-order valence-electron chi connectivity index (χ4n) is 4.34. The van der Waals surface area contributed by atoms with Crippen LogP contribution in [-0.4, -0.2) is 36.1 Å². The lowest BCUT2D eigenvalue weighted by Crippen LogP contribution is -2.46. The summed E-state index contributed by atoms with van der Waals surface area (Å²) < 4.78 is 1.17. The summed E-state index contributed by atoms with van der Waals surface area (Å²) in [4.78, 5) is 6.21. The summed E-state index contributed by atoms with van der Waals surface area (Å²) in [5.41, 5.74) is 2.77. The molecule has 1 saturated heterocycles. The van der Waals surface area contributed by atoms with Crippen LogP contribution in [0.15, 0.2) is 28.9 Å². The minimum Gasteiger partial charge on any atom is -0.361 e. The zero-order valence-corrected chi connectivity index (χ0v) is 14.5. The predicted octanol–water partition coefficient (Wildman–Crippen LogP) is 4.07. The molecule has 1 aromatic heterocycles. The van der Waals surface area contributed by atoms with Gasteiger partial charge in [-0.05, 0) is 42.5 Å². The second-order valence-electron chi connectivity index (χ2n) is 6.71. The van der Waals surface area contributed by atoms with Gasteiger partial charge in [-0.15, -0.1) is 0 Å². The molecular formula is C18H24BrN3. The fourth-order valence-corrected chi connectivity index (χ4v) is 4.70. The Balaban J connectivity index is 1.75. The second-order valence-corrected chi connectivity index (χ2v) is 7.62. The molecule has 0 spiro atoms. The van der Waals surface area contributed by atoms with Gasteiger partial charge in [0.15, 0.2) is 0 Å². The number of aromatic amines is 1. The number of halogens is 1. The molecule has 118 valence electrons. The maximum atomic E-state index is 3.64. The van der Waals surface area contributed by atoms with E-state index in [1.807, 2.05) is 0 Å². The fraction of sp³-hybridized carbons (Fsp3) is 0.556. The van der Waals surface area contributed by atoms with Crippen LogP contribution >= 0.6 is 15.9 Å². The van der Waals surface area contributed by atoms with E-state index in [0.717, 1.165) is 19.0 Å². The highest BCUT2D eigenvalue weighted by Crippen LogP contribution is 2.42. The first kappa shape index (κ1) is 14.7. The van der Waals surface area contributed by atoms with Crippen LogP contribution in [0.2, 0.25) is 0 Å². The quantitative estimate of drug-likeness (QED) is 0.863. The number of rotatable bonds is 3. The van der Waals surface area contributed by atoms with Gasteiger partial charge in [0.2, 0.25) is 0 Å². The zero-order chi connectivity index (χ0) is 14.9. The molecular weight excluding hydrogens is 338 g/mol. The maximum absolute atomic E-state index is 3.64. The number of benzene rings is 1. The molecule has 0 unspecified atom stereocenters. The highest BCUT2D eigenvalue weighted by Gasteiger charge is 2.33. The van der Waals surface area contributed by atoms with Crippen molar-refractivity contribution >= 4 is 26.8 Å². The normalized spacial score (nSPS) is 22.4. The number of fused-ring (bicyclic) bond motifs is 1. The number of aromatic nitrogens is 1. The lowest BCUT2D eigenvalue weighted by atomic mass is 9.89. The Morgan fingerprint density at radius 3 is 2.68 bits per heavy atom. The van der Waals surface area contributed by atoms with Gasteiger partial charge in [-0.2, -0.15) is 0 Å². The summed E-state index contributed by atoms with van der Waals surface area (Å²) in [7, 11) is 0. The van der Waals surface area contributed by atoms with Gasteiger partial charge >= 0.3 is 0 Å². The number of hydrogen-bond acceptors (Lipinski definition) is 2. The predicted molar refractivity (Wildman–Crippen MR) is 95.1 cm³/mol. The van der Waals surface area contributed by atoms with Crippen molar-refractivity contribution in [1.29, 1.82) is 0 Å². The Morgan fingerprint density at radius 1 is 1.14 bits per heavy atom. The van der Waals surface area contributed by atoms with Crippen molar-refractivity contribution in [2.75, 3.05) is 26.2 Å². The molecule has 4 rings (SSSR count). The number of piperazine rings is 1. The SMILES string of the molecule is Brc1ccc2[nH]cc([C@H](C3CCCC3)N3CCNCC3)c2c1. The van der Waals surface area contributed by atoms with Crippen LogP contribution in [0.3, 0.4) is 0 Å². The molecule has 0 radical (unpaired) electrons. The Kier molecular flexibility index (Phi) is 4.25. The second kappa shape index (κ2) is 6.34. The Morgan fingerprint density at radius 2 is 1.91 bits per heavy atom. The van der Waals surface area contributed by atoms with Crippen molar-refractivity contribution in [1.82, 2.24) is 15.2 Å². The molecule has 2 aliphatic rings. The lowest BCUT2D eigenvalue weighted by Gasteiger charge is -2.38. The van der Waals surface area contributed by atoms with E-state index in [9.17, 15) is 0 Å². The largest absolute Gasteiger partial charge is 0.361 e. The van der Waals surface area contributed by atoms with Gasteiger partial charge in [0.05, 0.1) is 0 Å². The molecule has 1 aliphatic carbocycles. The maximum Gasteiger partial charge on any atom is 0.0458 e. The molecule has 1 atom stereocenters. The summed E-state index contributed by atoms with van der Waals surface area (Å²) in [5.74, 6) is 0.816. The summed E-state index contributed by atoms with van der Waals surface area (Å²) in [6, 6.07) is 7.17. The third-order valence-corrected chi connectivity index (χ3v) is 5.88. The summed E-state index contributed by atoms with van der Waals surface area (Å²) in [6.45, 7) is 4.58. The van der Waals surface area contributed by atoms with Crippen LogP contribution in [0.4, 0.5) is 0 Å². The van der Waals surface area contributed by atoms with Gasteiger partial charge in [-0.25, -0.2) is 0 Å². The average molecular weight is 362 g/mol. The molecule has 0 bridgehead atoms. The molecule has 4 heteroatoms. The molecule has 3 nitrogen and oxygen atoms in total. The van der Waals surface area contributed by atoms with Gasteiger partial charge in [0.25, 0.3) is 0 Å². The van der Waals surface area contributed by atoms with Crippen molar-refractivity contribution in [3.05, 3.63) is 34.4 Å². The molecule has 2 heterocycles. The molecule has 0 amide bonds. The van der Waals surface area contributed by atoms with E-state index in [1.54, 1.807) is 0 Å². The Labute approximate surface area is 140 Å². The standard InChI is InChI=1S/C18H24BrN3/c19-14-5-6-17-15(11-14)16(12-21-17)18(13-3-1-2-4-13)22-9-7-20-8-10-22/h5-6,11-13,18,20-21H,1-4,7-10H2/t18-/m0/s1. The van der Waals surface area contributed by atoms with E-state index in [-0.39, 0.29) is 0 Å². The topological polar surface area (TPSA) is 31.1 Å². The highest BCUT2D eigenvalue weighted by molar-refractivity contribution is 9.10. The smallest absolute Gasteiger partial charge is 0.0458 e. The molecule has 22 heavy (non-hydrogen) atoms. The molecule has 1 aromatic carbocycles. The van der Waals surface area contributed by atoms with Crippen molar-refractivity contribution in [3.63, 3.8) is 0 Å². The summed E-state index contributed by atoms with van der Waals surface area (Å²) in [6.07, 6.45) is 7.84. The first-order valence-corrected chi connectivity index (χ1v) is 9.33. The number of nitrogens with zero attached hydrogens (tertiary/aromatic N) is 1. The van der Waals surface area contributed by atoms with Crippen molar-refractivity contribution in [2.24, 2.45) is 5.92 Å². The van der Waals surface area contributed by atoms with Gasteiger partial charge in [-0.1, -0.05) is 28.8 Å². The van der Waals surface area contributed by atoms with Gasteiger partial charge in [0.1, 0.15) is 0 Å². The van der Waals surface area contributed by atoms with E-state index in [2.05, 4.69) is 55.5 Å². The molecule has 1 saturated carbocycles. The number of nitrogens with one attached hydrogen (secondary N) is 2. The zero-order valence-electron chi connectivity index (χ0n) is 12.9. The molecule has 2 fully saturated rings. The van der Waals surface area contributed by atoms with Crippen molar-refractivity contribution in [3.8, 4) is 0 Å². The van der Waals surface area contributed by atoms with E-state index >= 15 is 0 Å². The number of H-pyrrole nitrogens is 1. The first-order valence-electron chi connectivity index (χ1n) is 8.54.